The van der Waals surface area contributed by atoms with Gasteiger partial charge in [0, 0.05) is 0 Å². The number of aromatic amines is 1. The summed E-state index contributed by atoms with van der Waals surface area (Å²) in [6, 6.07) is 0. The van der Waals surface area contributed by atoms with Gasteiger partial charge in [-0.15, -0.1) is 0 Å². The molecule has 1 rings (SSSR count). The van der Waals surface area contributed by atoms with Gasteiger partial charge in [0.05, 0.1) is 13.5 Å². The number of halogens is 3. The molecule has 1 heterocycles. The van der Waals surface area contributed by atoms with Crippen LogP contribution in [-0.2, 0) is 0 Å². The van der Waals surface area contributed by atoms with Gasteiger partial charge in [0.25, 0.3) is 0 Å². The standard InChI is InChI=1S/C7H4Br3N/c1-2-3-4-5(8)6(9)7(10)11-4/h11H,1H3. The van der Waals surface area contributed by atoms with E-state index in [-0.39, 0.29) is 0 Å². The molecule has 58 valence electrons. The molecule has 0 radical (unpaired) electrons. The average molecular weight is 342 g/mol. The zero-order valence-corrected chi connectivity index (χ0v) is 10.4. The Kier molecular flexibility index (Phi) is 3.23. The highest BCUT2D eigenvalue weighted by atomic mass is 79.9. The lowest BCUT2D eigenvalue weighted by atomic mass is 10.4. The molecule has 0 saturated carbocycles. The van der Waals surface area contributed by atoms with E-state index in [1.165, 1.54) is 0 Å². The fourth-order valence-electron chi connectivity index (χ4n) is 0.637. The van der Waals surface area contributed by atoms with Crippen molar-refractivity contribution in [2.24, 2.45) is 0 Å². The SMILES string of the molecule is CC#Cc1[nH]c(Br)c(Br)c1Br. The predicted molar refractivity (Wildman–Crippen MR) is 56.4 cm³/mol. The molecule has 0 spiro atoms. The smallest absolute Gasteiger partial charge is 0.106 e. The van der Waals surface area contributed by atoms with Crippen LogP contribution >= 0.6 is 47.8 Å². The molecule has 1 aromatic heterocycles. The fraction of sp³-hybridized carbons (Fsp3) is 0.143. The van der Waals surface area contributed by atoms with Crippen LogP contribution in [0.15, 0.2) is 13.5 Å². The Balaban J connectivity index is 3.26. The Labute approximate surface area is 90.3 Å². The van der Waals surface area contributed by atoms with E-state index in [2.05, 4.69) is 64.6 Å². The third-order valence-electron chi connectivity index (χ3n) is 1.09. The van der Waals surface area contributed by atoms with Gasteiger partial charge in [-0.25, -0.2) is 0 Å². The third kappa shape index (κ3) is 1.90. The lowest BCUT2D eigenvalue weighted by molar-refractivity contribution is 1.31. The average Bonchev–Trinajstić information content (AvgIpc) is 2.19. The van der Waals surface area contributed by atoms with E-state index in [0.717, 1.165) is 19.2 Å². The summed E-state index contributed by atoms with van der Waals surface area (Å²) in [5.41, 5.74) is 0.881. The van der Waals surface area contributed by atoms with E-state index in [4.69, 9.17) is 0 Å². The molecule has 0 aliphatic carbocycles. The van der Waals surface area contributed by atoms with E-state index in [1.807, 2.05) is 0 Å². The third-order valence-corrected chi connectivity index (χ3v) is 4.33. The molecule has 0 unspecified atom stereocenters. The van der Waals surface area contributed by atoms with E-state index < -0.39 is 0 Å². The lowest BCUT2D eigenvalue weighted by Gasteiger charge is -1.83. The summed E-state index contributed by atoms with van der Waals surface area (Å²) in [6.45, 7) is 1.80. The molecule has 0 aliphatic rings. The van der Waals surface area contributed by atoms with Gasteiger partial charge in [-0.2, -0.15) is 0 Å². The Hall–Kier alpha value is 0.280. The van der Waals surface area contributed by atoms with Crippen LogP contribution in [0.3, 0.4) is 0 Å². The minimum atomic E-state index is 0.881. The Morgan fingerprint density at radius 3 is 2.18 bits per heavy atom. The minimum absolute atomic E-state index is 0.881. The molecule has 0 bridgehead atoms. The summed E-state index contributed by atoms with van der Waals surface area (Å²) in [5.74, 6) is 5.74. The molecule has 0 fully saturated rings. The first-order chi connectivity index (χ1) is 5.16. The molecule has 11 heavy (non-hydrogen) atoms. The summed E-state index contributed by atoms with van der Waals surface area (Å²) >= 11 is 10.1. The zero-order valence-electron chi connectivity index (χ0n) is 5.63. The van der Waals surface area contributed by atoms with Crippen LogP contribution in [0.2, 0.25) is 0 Å². The van der Waals surface area contributed by atoms with Crippen LogP contribution in [0.1, 0.15) is 12.6 Å². The summed E-state index contributed by atoms with van der Waals surface area (Å²) in [7, 11) is 0. The Morgan fingerprint density at radius 2 is 1.82 bits per heavy atom. The number of hydrogen-bond acceptors (Lipinski definition) is 0. The topological polar surface area (TPSA) is 15.8 Å². The van der Waals surface area contributed by atoms with Crippen LogP contribution in [0.5, 0.6) is 0 Å². The lowest BCUT2D eigenvalue weighted by Crippen LogP contribution is -1.71. The second kappa shape index (κ2) is 3.79. The zero-order chi connectivity index (χ0) is 8.43. The number of hydrogen-bond donors (Lipinski definition) is 1. The summed E-state index contributed by atoms with van der Waals surface area (Å²) in [5, 5.41) is 0. The Bertz CT molecular complexity index is 329. The van der Waals surface area contributed by atoms with E-state index in [9.17, 15) is 0 Å². The first kappa shape index (κ1) is 9.37. The van der Waals surface area contributed by atoms with Crippen molar-refractivity contribution in [3.8, 4) is 11.8 Å². The van der Waals surface area contributed by atoms with Crippen molar-refractivity contribution < 1.29 is 0 Å². The molecule has 1 N–H and O–H groups in total. The van der Waals surface area contributed by atoms with Crippen LogP contribution in [0.4, 0.5) is 0 Å². The van der Waals surface area contributed by atoms with E-state index in [1.54, 1.807) is 6.92 Å². The maximum atomic E-state index is 3.39. The quantitative estimate of drug-likeness (QED) is 0.693. The highest BCUT2D eigenvalue weighted by Crippen LogP contribution is 2.33. The molecule has 1 aromatic rings. The van der Waals surface area contributed by atoms with E-state index in [0.29, 0.717) is 0 Å². The van der Waals surface area contributed by atoms with Crippen molar-refractivity contribution >= 4 is 47.8 Å². The van der Waals surface area contributed by atoms with Crippen molar-refractivity contribution in [3.63, 3.8) is 0 Å². The van der Waals surface area contributed by atoms with Gasteiger partial charge in [-0.05, 0) is 60.6 Å². The first-order valence-electron chi connectivity index (χ1n) is 2.82. The number of aromatic nitrogens is 1. The maximum Gasteiger partial charge on any atom is 0.106 e. The second-order valence-electron chi connectivity index (χ2n) is 1.82. The molecule has 1 nitrogen and oxygen atoms in total. The summed E-state index contributed by atoms with van der Waals surface area (Å²) in [4.78, 5) is 3.06. The van der Waals surface area contributed by atoms with Gasteiger partial charge >= 0.3 is 0 Å². The van der Waals surface area contributed by atoms with Crippen molar-refractivity contribution in [3.05, 3.63) is 19.2 Å². The molecule has 0 amide bonds. The van der Waals surface area contributed by atoms with Crippen molar-refractivity contribution in [2.45, 2.75) is 6.92 Å². The molecule has 0 atom stereocenters. The summed E-state index contributed by atoms with van der Waals surface area (Å²) in [6.07, 6.45) is 0. The van der Waals surface area contributed by atoms with Crippen molar-refractivity contribution in [1.29, 1.82) is 0 Å². The van der Waals surface area contributed by atoms with Crippen LogP contribution in [0, 0.1) is 11.8 Å². The molecular weight excluding hydrogens is 338 g/mol. The number of H-pyrrole nitrogens is 1. The second-order valence-corrected chi connectivity index (χ2v) is 4.20. The van der Waals surface area contributed by atoms with Crippen LogP contribution in [0.25, 0.3) is 0 Å². The number of nitrogens with one attached hydrogen (secondary N) is 1. The predicted octanol–water partition coefficient (Wildman–Crippen LogP) is 3.67. The minimum Gasteiger partial charge on any atom is -0.341 e. The highest BCUT2D eigenvalue weighted by molar-refractivity contribution is 9.14. The van der Waals surface area contributed by atoms with Gasteiger partial charge < -0.3 is 4.98 Å². The molecule has 0 aliphatic heterocycles. The van der Waals surface area contributed by atoms with Gasteiger partial charge in [0.2, 0.25) is 0 Å². The van der Waals surface area contributed by atoms with Gasteiger partial charge in [0.1, 0.15) is 5.69 Å². The van der Waals surface area contributed by atoms with Gasteiger partial charge in [-0.1, -0.05) is 5.92 Å². The maximum absolute atomic E-state index is 3.39. The van der Waals surface area contributed by atoms with Crippen LogP contribution < -0.4 is 0 Å². The van der Waals surface area contributed by atoms with Gasteiger partial charge in [0.15, 0.2) is 0 Å². The van der Waals surface area contributed by atoms with Crippen LogP contribution in [-0.4, -0.2) is 4.98 Å². The van der Waals surface area contributed by atoms with E-state index >= 15 is 0 Å². The molecule has 0 saturated heterocycles. The van der Waals surface area contributed by atoms with Crippen molar-refractivity contribution in [2.75, 3.05) is 0 Å². The van der Waals surface area contributed by atoms with Gasteiger partial charge in [-0.3, -0.25) is 0 Å². The first-order valence-corrected chi connectivity index (χ1v) is 5.20. The summed E-state index contributed by atoms with van der Waals surface area (Å²) < 4.78 is 2.83. The van der Waals surface area contributed by atoms with Crippen molar-refractivity contribution in [1.82, 2.24) is 4.98 Å². The molecular formula is C7H4Br3N. The monoisotopic (exact) mass is 339 g/mol. The largest absolute Gasteiger partial charge is 0.341 e. The fourth-order valence-corrected chi connectivity index (χ4v) is 1.99. The normalized spacial score (nSPS) is 9.09. The molecule has 0 aromatic carbocycles. The molecule has 4 heteroatoms. The Morgan fingerprint density at radius 1 is 1.18 bits per heavy atom. The highest BCUT2D eigenvalue weighted by Gasteiger charge is 2.08. The number of rotatable bonds is 0.